The molecule has 8 heteroatoms. The summed E-state index contributed by atoms with van der Waals surface area (Å²) in [4.78, 5) is 26.8. The number of piperidine rings is 1. The molecule has 5 rings (SSSR count). The van der Waals surface area contributed by atoms with Crippen LogP contribution in [0.25, 0.3) is 11.0 Å². The van der Waals surface area contributed by atoms with Crippen molar-refractivity contribution in [3.05, 3.63) is 54.3 Å². The van der Waals surface area contributed by atoms with Gasteiger partial charge in [-0.3, -0.25) is 4.79 Å². The van der Waals surface area contributed by atoms with Crippen LogP contribution in [-0.4, -0.2) is 43.3 Å². The maximum absolute atomic E-state index is 12.8. The van der Waals surface area contributed by atoms with Crippen molar-refractivity contribution >= 4 is 28.6 Å². The highest BCUT2D eigenvalue weighted by molar-refractivity contribution is 5.96. The SMILES string of the molecule is O=C(NCC1CCN(C(=O)c2cc3ccccc3o2)CC1)Nc1ccc2c(c1)OCO2. The number of hydrogen-bond acceptors (Lipinski definition) is 5. The minimum atomic E-state index is -0.264. The van der Waals surface area contributed by atoms with Crippen LogP contribution in [0.2, 0.25) is 0 Å². The third-order valence-corrected chi connectivity index (χ3v) is 5.72. The van der Waals surface area contributed by atoms with E-state index in [2.05, 4.69) is 10.6 Å². The standard InChI is InChI=1S/C23H23N3O5/c27-22(21-11-16-3-1-2-4-18(16)31-21)26-9-7-15(8-10-26)13-24-23(28)25-17-5-6-19-20(12-17)30-14-29-19/h1-6,11-12,15H,7-10,13-14H2,(H2,24,25,28). The molecule has 1 aromatic heterocycles. The summed E-state index contributed by atoms with van der Waals surface area (Å²) in [5.41, 5.74) is 1.37. The number of fused-ring (bicyclic) bond motifs is 2. The Balaban J connectivity index is 1.09. The Morgan fingerprint density at radius 1 is 1.00 bits per heavy atom. The Morgan fingerprint density at radius 2 is 1.81 bits per heavy atom. The first-order valence-electron chi connectivity index (χ1n) is 10.4. The molecule has 1 saturated heterocycles. The van der Waals surface area contributed by atoms with Gasteiger partial charge in [0.2, 0.25) is 6.79 Å². The van der Waals surface area contributed by atoms with Crippen molar-refractivity contribution in [2.24, 2.45) is 5.92 Å². The van der Waals surface area contributed by atoms with Gasteiger partial charge in [-0.25, -0.2) is 4.79 Å². The number of nitrogens with zero attached hydrogens (tertiary/aromatic N) is 1. The Morgan fingerprint density at radius 3 is 2.65 bits per heavy atom. The summed E-state index contributed by atoms with van der Waals surface area (Å²) in [6, 6.07) is 14.4. The minimum Gasteiger partial charge on any atom is -0.454 e. The van der Waals surface area contributed by atoms with Crippen LogP contribution in [0.4, 0.5) is 10.5 Å². The van der Waals surface area contributed by atoms with Crippen molar-refractivity contribution in [3.8, 4) is 11.5 Å². The van der Waals surface area contributed by atoms with E-state index in [0.29, 0.717) is 48.5 Å². The summed E-state index contributed by atoms with van der Waals surface area (Å²) in [5.74, 6) is 1.92. The third kappa shape index (κ3) is 4.14. The quantitative estimate of drug-likeness (QED) is 0.668. The number of likely N-dealkylation sites (tertiary alicyclic amines) is 1. The smallest absolute Gasteiger partial charge is 0.319 e. The van der Waals surface area contributed by atoms with Crippen LogP contribution in [0.5, 0.6) is 11.5 Å². The molecule has 1 fully saturated rings. The summed E-state index contributed by atoms with van der Waals surface area (Å²) < 4.78 is 16.3. The molecular formula is C23H23N3O5. The molecule has 0 saturated carbocycles. The molecule has 8 nitrogen and oxygen atoms in total. The summed E-state index contributed by atoms with van der Waals surface area (Å²) in [6.45, 7) is 2.05. The van der Waals surface area contributed by atoms with E-state index in [1.165, 1.54) is 0 Å². The molecule has 2 N–H and O–H groups in total. The summed E-state index contributed by atoms with van der Waals surface area (Å²) in [7, 11) is 0. The average Bonchev–Trinajstić information content (AvgIpc) is 3.44. The maximum Gasteiger partial charge on any atom is 0.319 e. The lowest BCUT2D eigenvalue weighted by Crippen LogP contribution is -2.42. The summed E-state index contributed by atoms with van der Waals surface area (Å²) in [6.07, 6.45) is 1.66. The number of carbonyl (C=O) groups is 2. The summed E-state index contributed by atoms with van der Waals surface area (Å²) >= 11 is 0. The Labute approximate surface area is 179 Å². The Hall–Kier alpha value is -3.68. The van der Waals surface area contributed by atoms with E-state index in [9.17, 15) is 9.59 Å². The molecule has 3 amide bonds. The Bertz CT molecular complexity index is 1080. The van der Waals surface area contributed by atoms with Gasteiger partial charge in [0, 0.05) is 36.8 Å². The first kappa shape index (κ1) is 19.3. The van der Waals surface area contributed by atoms with E-state index < -0.39 is 0 Å². The van der Waals surface area contributed by atoms with Gasteiger partial charge in [0.1, 0.15) is 5.58 Å². The van der Waals surface area contributed by atoms with E-state index in [1.807, 2.05) is 29.2 Å². The fourth-order valence-corrected chi connectivity index (χ4v) is 3.97. The topological polar surface area (TPSA) is 93.0 Å². The fourth-order valence-electron chi connectivity index (χ4n) is 3.97. The van der Waals surface area contributed by atoms with Crippen LogP contribution in [0.15, 0.2) is 52.9 Å². The van der Waals surface area contributed by atoms with Crippen molar-refractivity contribution in [3.63, 3.8) is 0 Å². The van der Waals surface area contributed by atoms with Gasteiger partial charge < -0.3 is 29.4 Å². The van der Waals surface area contributed by atoms with Gasteiger partial charge in [-0.2, -0.15) is 0 Å². The van der Waals surface area contributed by atoms with Crippen LogP contribution in [0.3, 0.4) is 0 Å². The van der Waals surface area contributed by atoms with E-state index in [4.69, 9.17) is 13.9 Å². The van der Waals surface area contributed by atoms with Gasteiger partial charge in [0.15, 0.2) is 17.3 Å². The highest BCUT2D eigenvalue weighted by Gasteiger charge is 2.26. The van der Waals surface area contributed by atoms with Crippen LogP contribution in [0, 0.1) is 5.92 Å². The van der Waals surface area contributed by atoms with E-state index in [-0.39, 0.29) is 18.7 Å². The van der Waals surface area contributed by atoms with Crippen molar-refractivity contribution in [2.75, 3.05) is 31.7 Å². The predicted octanol–water partition coefficient (Wildman–Crippen LogP) is 3.84. The largest absolute Gasteiger partial charge is 0.454 e. The zero-order chi connectivity index (χ0) is 21.2. The lowest BCUT2D eigenvalue weighted by atomic mass is 9.96. The number of rotatable bonds is 4. The highest BCUT2D eigenvalue weighted by atomic mass is 16.7. The van der Waals surface area contributed by atoms with Gasteiger partial charge in [-0.05, 0) is 43.0 Å². The lowest BCUT2D eigenvalue weighted by Gasteiger charge is -2.31. The molecular weight excluding hydrogens is 398 g/mol. The minimum absolute atomic E-state index is 0.0804. The molecule has 0 aliphatic carbocycles. The number of para-hydroxylation sites is 1. The number of hydrogen-bond donors (Lipinski definition) is 2. The van der Waals surface area contributed by atoms with E-state index in [0.717, 1.165) is 23.8 Å². The molecule has 2 aliphatic rings. The number of nitrogens with one attached hydrogen (secondary N) is 2. The number of carbonyl (C=O) groups excluding carboxylic acids is 2. The second kappa shape index (κ2) is 8.22. The molecule has 31 heavy (non-hydrogen) atoms. The number of anilines is 1. The normalized spacial score (nSPS) is 15.8. The first-order chi connectivity index (χ1) is 15.2. The number of ether oxygens (including phenoxy) is 2. The number of benzene rings is 2. The van der Waals surface area contributed by atoms with E-state index in [1.54, 1.807) is 24.3 Å². The van der Waals surface area contributed by atoms with Crippen LogP contribution in [-0.2, 0) is 0 Å². The fraction of sp³-hybridized carbons (Fsp3) is 0.304. The van der Waals surface area contributed by atoms with Crippen molar-refractivity contribution < 1.29 is 23.5 Å². The van der Waals surface area contributed by atoms with Crippen LogP contribution < -0.4 is 20.1 Å². The van der Waals surface area contributed by atoms with Gasteiger partial charge in [-0.1, -0.05) is 18.2 Å². The van der Waals surface area contributed by atoms with Crippen LogP contribution in [0.1, 0.15) is 23.4 Å². The summed E-state index contributed by atoms with van der Waals surface area (Å²) in [5, 5.41) is 6.66. The monoisotopic (exact) mass is 421 g/mol. The van der Waals surface area contributed by atoms with Gasteiger partial charge in [-0.15, -0.1) is 0 Å². The molecule has 2 aliphatic heterocycles. The van der Waals surface area contributed by atoms with Crippen LogP contribution >= 0.6 is 0 Å². The zero-order valence-corrected chi connectivity index (χ0v) is 16.9. The molecule has 160 valence electrons. The molecule has 3 heterocycles. The molecule has 2 aromatic carbocycles. The van der Waals surface area contributed by atoms with Gasteiger partial charge in [0.05, 0.1) is 0 Å². The third-order valence-electron chi connectivity index (χ3n) is 5.72. The number of urea groups is 1. The first-order valence-corrected chi connectivity index (χ1v) is 10.4. The molecule has 0 radical (unpaired) electrons. The number of furan rings is 1. The lowest BCUT2D eigenvalue weighted by molar-refractivity contribution is 0.0661. The van der Waals surface area contributed by atoms with Gasteiger partial charge >= 0.3 is 6.03 Å². The van der Waals surface area contributed by atoms with Gasteiger partial charge in [0.25, 0.3) is 5.91 Å². The highest BCUT2D eigenvalue weighted by Crippen LogP contribution is 2.34. The average molecular weight is 421 g/mol. The van der Waals surface area contributed by atoms with Crippen molar-refractivity contribution in [1.82, 2.24) is 10.2 Å². The van der Waals surface area contributed by atoms with E-state index >= 15 is 0 Å². The molecule has 0 spiro atoms. The Kier molecular flexibility index (Phi) is 5.11. The van der Waals surface area contributed by atoms with Crippen molar-refractivity contribution in [1.29, 1.82) is 0 Å². The molecule has 3 aromatic rings. The second-order valence-corrected chi connectivity index (χ2v) is 7.79. The number of amides is 3. The predicted molar refractivity (Wildman–Crippen MR) is 114 cm³/mol. The molecule has 0 unspecified atom stereocenters. The molecule has 0 atom stereocenters. The van der Waals surface area contributed by atoms with Crippen molar-refractivity contribution in [2.45, 2.75) is 12.8 Å². The zero-order valence-electron chi connectivity index (χ0n) is 16.9. The second-order valence-electron chi connectivity index (χ2n) is 7.79. The molecule has 0 bridgehead atoms. The maximum atomic E-state index is 12.8.